The lowest BCUT2D eigenvalue weighted by atomic mass is 9.76. The van der Waals surface area contributed by atoms with E-state index in [9.17, 15) is 4.79 Å². The van der Waals surface area contributed by atoms with Crippen LogP contribution in [0.3, 0.4) is 0 Å². The fourth-order valence-electron chi connectivity index (χ4n) is 5.35. The van der Waals surface area contributed by atoms with Gasteiger partial charge in [-0.2, -0.15) is 0 Å². The van der Waals surface area contributed by atoms with Crippen molar-refractivity contribution in [3.05, 3.63) is 119 Å². The van der Waals surface area contributed by atoms with Crippen LogP contribution in [0.25, 0.3) is 0 Å². The third-order valence-electron chi connectivity index (χ3n) is 7.03. The van der Waals surface area contributed by atoms with Crippen molar-refractivity contribution in [1.29, 1.82) is 0 Å². The van der Waals surface area contributed by atoms with Crippen molar-refractivity contribution in [2.75, 3.05) is 18.0 Å². The summed E-state index contributed by atoms with van der Waals surface area (Å²) in [7, 11) is 0. The topological polar surface area (TPSA) is 48.0 Å². The van der Waals surface area contributed by atoms with Gasteiger partial charge in [0, 0.05) is 36.0 Å². The maximum Gasteiger partial charge on any atom is 0.340 e. The largest absolute Gasteiger partial charge is 0.489 e. The number of esters is 1. The number of hydrogen-bond acceptors (Lipinski definition) is 5. The van der Waals surface area contributed by atoms with Crippen LogP contribution in [0.4, 0.5) is 5.69 Å². The maximum absolute atomic E-state index is 13.2. The molecule has 0 saturated heterocycles. The van der Waals surface area contributed by atoms with Gasteiger partial charge in [0.1, 0.15) is 23.9 Å². The van der Waals surface area contributed by atoms with Gasteiger partial charge in [0.15, 0.2) is 5.60 Å². The van der Waals surface area contributed by atoms with Crippen molar-refractivity contribution in [2.24, 2.45) is 0 Å². The SMILES string of the molecule is CCN(CC)c1cccc2c1C1(OC(=O)c3ccccc31)c1ccc(OCc3ccccc3)cc1O2. The summed E-state index contributed by atoms with van der Waals surface area (Å²) < 4.78 is 19.0. The Morgan fingerprint density at radius 3 is 2.39 bits per heavy atom. The first-order valence-corrected chi connectivity index (χ1v) is 12.4. The van der Waals surface area contributed by atoms with Crippen LogP contribution in [0, 0.1) is 0 Å². The first-order valence-electron chi connectivity index (χ1n) is 12.4. The van der Waals surface area contributed by atoms with Crippen molar-refractivity contribution in [3.63, 3.8) is 0 Å². The van der Waals surface area contributed by atoms with E-state index in [1.54, 1.807) is 0 Å². The van der Waals surface area contributed by atoms with E-state index in [-0.39, 0.29) is 5.97 Å². The zero-order valence-electron chi connectivity index (χ0n) is 20.4. The molecule has 0 fully saturated rings. The molecule has 0 aliphatic carbocycles. The Hall–Kier alpha value is -4.25. The summed E-state index contributed by atoms with van der Waals surface area (Å²) in [5.74, 6) is 1.66. The first kappa shape index (κ1) is 22.2. The van der Waals surface area contributed by atoms with Crippen LogP contribution < -0.4 is 14.4 Å². The normalized spacial score (nSPS) is 17.0. The summed E-state index contributed by atoms with van der Waals surface area (Å²) in [4.78, 5) is 15.5. The van der Waals surface area contributed by atoms with Gasteiger partial charge in [-0.15, -0.1) is 0 Å². The lowest BCUT2D eigenvalue weighted by molar-refractivity contribution is 0.0225. The van der Waals surface area contributed by atoms with Crippen LogP contribution in [0.2, 0.25) is 0 Å². The number of ether oxygens (including phenoxy) is 3. The number of carbonyl (C=O) groups is 1. The Labute approximate surface area is 210 Å². The molecule has 0 aromatic heterocycles. The second-order valence-electron chi connectivity index (χ2n) is 8.97. The Bertz CT molecular complexity index is 1440. The van der Waals surface area contributed by atoms with Crippen LogP contribution in [-0.4, -0.2) is 19.1 Å². The molecular formula is C31H27NO4. The Kier molecular flexibility index (Phi) is 5.41. The van der Waals surface area contributed by atoms with Crippen molar-refractivity contribution < 1.29 is 19.0 Å². The predicted octanol–water partition coefficient (Wildman–Crippen LogP) is 6.68. The molecule has 0 radical (unpaired) electrons. The second kappa shape index (κ2) is 8.76. The van der Waals surface area contributed by atoms with E-state index in [2.05, 4.69) is 24.8 Å². The molecule has 36 heavy (non-hydrogen) atoms. The predicted molar refractivity (Wildman–Crippen MR) is 139 cm³/mol. The lowest BCUT2D eigenvalue weighted by Gasteiger charge is -2.39. The Balaban J connectivity index is 1.52. The van der Waals surface area contributed by atoms with E-state index in [1.165, 1.54) is 0 Å². The van der Waals surface area contributed by atoms with Gasteiger partial charge >= 0.3 is 5.97 Å². The zero-order chi connectivity index (χ0) is 24.7. The van der Waals surface area contributed by atoms with Crippen LogP contribution in [-0.2, 0) is 16.9 Å². The van der Waals surface area contributed by atoms with E-state index in [1.807, 2.05) is 84.9 Å². The summed E-state index contributed by atoms with van der Waals surface area (Å²) in [5.41, 5.74) is 4.04. The summed E-state index contributed by atoms with van der Waals surface area (Å²) >= 11 is 0. The van der Waals surface area contributed by atoms with Crippen molar-refractivity contribution in [2.45, 2.75) is 26.1 Å². The fraction of sp³-hybridized carbons (Fsp3) is 0.194. The van der Waals surface area contributed by atoms with Crippen LogP contribution in [0.15, 0.2) is 91.0 Å². The molecule has 5 heteroatoms. The van der Waals surface area contributed by atoms with Gasteiger partial charge in [0.2, 0.25) is 0 Å². The molecule has 180 valence electrons. The molecule has 0 saturated carbocycles. The van der Waals surface area contributed by atoms with Gasteiger partial charge in [-0.3, -0.25) is 0 Å². The minimum atomic E-state index is -1.10. The van der Waals surface area contributed by atoms with E-state index >= 15 is 0 Å². The number of benzene rings is 4. The highest BCUT2D eigenvalue weighted by Gasteiger charge is 2.55. The van der Waals surface area contributed by atoms with E-state index < -0.39 is 5.60 Å². The molecule has 4 aromatic rings. The van der Waals surface area contributed by atoms with Gasteiger partial charge in [0.05, 0.1) is 11.1 Å². The number of hydrogen-bond donors (Lipinski definition) is 0. The van der Waals surface area contributed by atoms with Gasteiger partial charge in [-0.25, -0.2) is 4.79 Å². The highest BCUT2D eigenvalue weighted by molar-refractivity contribution is 5.97. The van der Waals surface area contributed by atoms with Crippen molar-refractivity contribution in [1.82, 2.24) is 0 Å². The summed E-state index contributed by atoms with van der Waals surface area (Å²) in [6.07, 6.45) is 0. The molecule has 4 aromatic carbocycles. The fourth-order valence-corrected chi connectivity index (χ4v) is 5.35. The first-order chi connectivity index (χ1) is 17.7. The number of carbonyl (C=O) groups excluding carboxylic acids is 1. The van der Waals surface area contributed by atoms with Gasteiger partial charge in [0.25, 0.3) is 0 Å². The monoisotopic (exact) mass is 477 g/mol. The average Bonchev–Trinajstić information content (AvgIpc) is 3.21. The molecule has 1 spiro atoms. The number of rotatable bonds is 6. The smallest absolute Gasteiger partial charge is 0.340 e. The molecule has 2 heterocycles. The quantitative estimate of drug-likeness (QED) is 0.290. The molecule has 0 bridgehead atoms. The number of anilines is 1. The zero-order valence-corrected chi connectivity index (χ0v) is 20.4. The third kappa shape index (κ3) is 3.34. The lowest BCUT2D eigenvalue weighted by Crippen LogP contribution is -2.36. The highest BCUT2D eigenvalue weighted by atomic mass is 16.6. The maximum atomic E-state index is 13.2. The molecule has 6 rings (SSSR count). The molecule has 1 unspecified atom stereocenters. The number of fused-ring (bicyclic) bond motifs is 6. The van der Waals surface area contributed by atoms with Gasteiger partial charge in [-0.05, 0) is 49.7 Å². The minimum Gasteiger partial charge on any atom is -0.489 e. The van der Waals surface area contributed by atoms with Crippen molar-refractivity contribution in [3.8, 4) is 17.2 Å². The van der Waals surface area contributed by atoms with Gasteiger partial charge in [-0.1, -0.05) is 54.6 Å². The van der Waals surface area contributed by atoms with Crippen molar-refractivity contribution >= 4 is 11.7 Å². The standard InChI is InChI=1S/C31H27NO4/c1-3-32(4-2)26-15-10-16-27-29(26)31(24-14-9-8-13-23(24)30(33)36-31)25-18-17-22(19-28(25)35-27)34-20-21-11-6-5-7-12-21/h5-19H,3-4,20H2,1-2H3. The van der Waals surface area contributed by atoms with Crippen LogP contribution in [0.1, 0.15) is 46.5 Å². The molecule has 0 amide bonds. The van der Waals surface area contributed by atoms with Crippen LogP contribution >= 0.6 is 0 Å². The minimum absolute atomic E-state index is 0.330. The second-order valence-corrected chi connectivity index (χ2v) is 8.97. The van der Waals surface area contributed by atoms with E-state index in [0.717, 1.165) is 41.0 Å². The molecular weight excluding hydrogens is 450 g/mol. The molecule has 1 atom stereocenters. The van der Waals surface area contributed by atoms with E-state index in [0.29, 0.717) is 29.4 Å². The van der Waals surface area contributed by atoms with Gasteiger partial charge < -0.3 is 19.1 Å². The Morgan fingerprint density at radius 1 is 0.806 bits per heavy atom. The summed E-state index contributed by atoms with van der Waals surface area (Å²) in [5, 5.41) is 0. The molecule has 2 aliphatic heterocycles. The highest BCUT2D eigenvalue weighted by Crippen LogP contribution is 2.58. The average molecular weight is 478 g/mol. The third-order valence-corrected chi connectivity index (χ3v) is 7.03. The van der Waals surface area contributed by atoms with E-state index in [4.69, 9.17) is 14.2 Å². The molecule has 2 aliphatic rings. The van der Waals surface area contributed by atoms with Crippen LogP contribution in [0.5, 0.6) is 17.2 Å². The summed E-state index contributed by atoms with van der Waals surface area (Å²) in [6.45, 7) is 6.33. The summed E-state index contributed by atoms with van der Waals surface area (Å²) in [6, 6.07) is 29.5. The molecule has 0 N–H and O–H groups in total. The number of nitrogens with zero attached hydrogens (tertiary/aromatic N) is 1. The molecule has 5 nitrogen and oxygen atoms in total. The Morgan fingerprint density at radius 2 is 1.58 bits per heavy atom.